The van der Waals surface area contributed by atoms with Crippen LogP contribution in [-0.4, -0.2) is 39.6 Å². The van der Waals surface area contributed by atoms with Crippen molar-refractivity contribution >= 4 is 23.7 Å². The van der Waals surface area contributed by atoms with Gasteiger partial charge in [0.25, 0.3) is 5.69 Å². The first-order valence-corrected chi connectivity index (χ1v) is 14.0. The molecule has 3 aromatic rings. The van der Waals surface area contributed by atoms with Crippen molar-refractivity contribution in [3.8, 4) is 0 Å². The third-order valence-corrected chi connectivity index (χ3v) is 6.89. The van der Waals surface area contributed by atoms with Crippen molar-refractivity contribution in [2.45, 2.75) is 33.2 Å². The Balaban J connectivity index is 1.52. The van der Waals surface area contributed by atoms with Crippen LogP contribution in [0.3, 0.4) is 0 Å². The maximum atomic E-state index is 13.5. The van der Waals surface area contributed by atoms with Gasteiger partial charge >= 0.3 is 11.9 Å². The number of carbonyl (C=O) groups excluding carboxylic acids is 2. The molecule has 0 fully saturated rings. The number of rotatable bonds is 12. The predicted molar refractivity (Wildman–Crippen MR) is 167 cm³/mol. The van der Waals surface area contributed by atoms with Crippen LogP contribution in [0.4, 0.5) is 5.69 Å². The van der Waals surface area contributed by atoms with Gasteiger partial charge in [-0.3, -0.25) is 10.1 Å². The van der Waals surface area contributed by atoms with E-state index >= 15 is 0 Å². The fourth-order valence-corrected chi connectivity index (χ4v) is 4.84. The molecule has 10 heteroatoms. The van der Waals surface area contributed by atoms with Crippen LogP contribution in [0.5, 0.6) is 0 Å². The first-order chi connectivity index (χ1) is 21.3. The lowest BCUT2D eigenvalue weighted by molar-refractivity contribution is -0.384. The molecular weight excluding hydrogens is 560 g/mol. The molecule has 0 saturated carbocycles. The molecule has 0 saturated heterocycles. The van der Waals surface area contributed by atoms with Gasteiger partial charge in [-0.05, 0) is 49.6 Å². The SMILES string of the molecule is CC=CC=CCOC(=O)C1=C(C)NC(C)=C(C(=O)OCC=Cc2ccc(Cn3ccnc3)cc2)C1c1cccc([N+](=O)[O-])c1. The van der Waals surface area contributed by atoms with E-state index < -0.39 is 22.8 Å². The van der Waals surface area contributed by atoms with Gasteiger partial charge in [-0.1, -0.05) is 60.7 Å². The molecule has 0 spiro atoms. The van der Waals surface area contributed by atoms with E-state index in [4.69, 9.17) is 9.47 Å². The smallest absolute Gasteiger partial charge is 0.337 e. The number of hydrogen-bond donors (Lipinski definition) is 1. The van der Waals surface area contributed by atoms with Gasteiger partial charge in [0.05, 0.1) is 28.3 Å². The molecule has 1 aliphatic rings. The van der Waals surface area contributed by atoms with E-state index in [0.717, 1.165) is 11.1 Å². The molecule has 2 aromatic carbocycles. The molecule has 2 heterocycles. The molecule has 0 aliphatic carbocycles. The Bertz CT molecular complexity index is 1650. The van der Waals surface area contributed by atoms with Crippen molar-refractivity contribution in [2.24, 2.45) is 0 Å². The molecular formula is C34H34N4O6. The van der Waals surface area contributed by atoms with E-state index in [1.807, 2.05) is 54.1 Å². The molecule has 10 nitrogen and oxygen atoms in total. The number of dihydropyridines is 1. The van der Waals surface area contributed by atoms with Crippen molar-refractivity contribution in [1.29, 1.82) is 0 Å². The van der Waals surface area contributed by atoms with Crippen LogP contribution in [0.1, 0.15) is 43.4 Å². The first kappa shape index (κ1) is 31.4. The Morgan fingerprint density at radius 1 is 1.00 bits per heavy atom. The van der Waals surface area contributed by atoms with Crippen LogP contribution in [0.15, 0.2) is 120 Å². The summed E-state index contributed by atoms with van der Waals surface area (Å²) in [6, 6.07) is 13.9. The first-order valence-electron chi connectivity index (χ1n) is 14.0. The van der Waals surface area contributed by atoms with Gasteiger partial charge in [-0.25, -0.2) is 14.6 Å². The summed E-state index contributed by atoms with van der Waals surface area (Å²) in [6.45, 7) is 5.98. The average Bonchev–Trinajstić information content (AvgIpc) is 3.52. The van der Waals surface area contributed by atoms with Crippen molar-refractivity contribution in [2.75, 3.05) is 13.2 Å². The maximum absolute atomic E-state index is 13.5. The van der Waals surface area contributed by atoms with Gasteiger partial charge in [0.15, 0.2) is 0 Å². The van der Waals surface area contributed by atoms with E-state index in [1.54, 1.807) is 56.7 Å². The van der Waals surface area contributed by atoms with E-state index in [0.29, 0.717) is 23.5 Å². The maximum Gasteiger partial charge on any atom is 0.337 e. The van der Waals surface area contributed by atoms with Crippen LogP contribution < -0.4 is 5.32 Å². The Labute approximate surface area is 255 Å². The number of nitro groups is 1. The topological polar surface area (TPSA) is 126 Å². The number of imidazole rings is 1. The van der Waals surface area contributed by atoms with Crippen molar-refractivity contribution < 1.29 is 24.0 Å². The number of carbonyl (C=O) groups is 2. The molecule has 0 amide bonds. The van der Waals surface area contributed by atoms with Crippen LogP contribution >= 0.6 is 0 Å². The lowest BCUT2D eigenvalue weighted by Gasteiger charge is -2.30. The van der Waals surface area contributed by atoms with Crippen LogP contribution in [0, 0.1) is 10.1 Å². The molecule has 1 aliphatic heterocycles. The minimum atomic E-state index is -0.942. The second-order valence-electron chi connectivity index (χ2n) is 10.0. The summed E-state index contributed by atoms with van der Waals surface area (Å²) in [5.41, 5.74) is 3.60. The summed E-state index contributed by atoms with van der Waals surface area (Å²) in [5.74, 6) is -2.24. The number of nitrogens with zero attached hydrogens (tertiary/aromatic N) is 3. The Hall–Kier alpha value is -5.51. The molecule has 0 bridgehead atoms. The zero-order valence-electron chi connectivity index (χ0n) is 24.8. The number of nitro benzene ring substituents is 1. The lowest BCUT2D eigenvalue weighted by Crippen LogP contribution is -2.32. The number of aromatic nitrogens is 2. The number of allylic oxidation sites excluding steroid dienone is 5. The highest BCUT2D eigenvalue weighted by Gasteiger charge is 2.38. The van der Waals surface area contributed by atoms with E-state index in [2.05, 4.69) is 10.3 Å². The molecule has 44 heavy (non-hydrogen) atoms. The van der Waals surface area contributed by atoms with E-state index in [9.17, 15) is 19.7 Å². The second-order valence-corrected chi connectivity index (χ2v) is 10.0. The van der Waals surface area contributed by atoms with E-state index in [1.165, 1.54) is 18.2 Å². The highest BCUT2D eigenvalue weighted by molar-refractivity contribution is 6.00. The monoisotopic (exact) mass is 594 g/mol. The summed E-state index contributed by atoms with van der Waals surface area (Å²) < 4.78 is 13.1. The number of esters is 2. The molecule has 0 radical (unpaired) electrons. The molecule has 226 valence electrons. The Morgan fingerprint density at radius 2 is 1.68 bits per heavy atom. The molecule has 1 unspecified atom stereocenters. The lowest BCUT2D eigenvalue weighted by atomic mass is 9.80. The third-order valence-electron chi connectivity index (χ3n) is 6.89. The quantitative estimate of drug-likeness (QED) is 0.117. The zero-order chi connectivity index (χ0) is 31.5. The normalized spacial score (nSPS) is 15.3. The summed E-state index contributed by atoms with van der Waals surface area (Å²) in [6.07, 6.45) is 16.1. The molecule has 1 N–H and O–H groups in total. The fraction of sp³-hybridized carbons (Fsp3) is 0.206. The van der Waals surface area contributed by atoms with Crippen molar-refractivity contribution in [1.82, 2.24) is 14.9 Å². The van der Waals surface area contributed by atoms with Gasteiger partial charge in [-0.15, -0.1) is 0 Å². The summed E-state index contributed by atoms with van der Waals surface area (Å²) in [4.78, 5) is 42.0. The van der Waals surface area contributed by atoms with Gasteiger partial charge in [0.1, 0.15) is 13.2 Å². The van der Waals surface area contributed by atoms with Gasteiger partial charge < -0.3 is 19.4 Å². The largest absolute Gasteiger partial charge is 0.458 e. The number of benzene rings is 2. The Kier molecular flexibility index (Phi) is 10.8. The molecule has 1 atom stereocenters. The number of ether oxygens (including phenoxy) is 2. The molecule has 4 rings (SSSR count). The molecule has 1 aromatic heterocycles. The standard InChI is InChI=1S/C34H34N4O6/c1-4-5-6-7-19-43-33(39)30-24(2)36-25(3)31(32(30)28-11-8-12-29(21-28)38(41)42)34(40)44-20-9-10-26-13-15-27(16-14-26)22-37-18-17-35-23-37/h4-18,21,23,32,36H,19-20,22H2,1-3H3. The second kappa shape index (κ2) is 15.1. The predicted octanol–water partition coefficient (Wildman–Crippen LogP) is 6.01. The van der Waals surface area contributed by atoms with Gasteiger partial charge in [0.2, 0.25) is 0 Å². The van der Waals surface area contributed by atoms with Gasteiger partial charge in [0, 0.05) is 42.5 Å². The van der Waals surface area contributed by atoms with Crippen LogP contribution in [-0.2, 0) is 25.6 Å². The summed E-state index contributed by atoms with van der Waals surface area (Å²) in [7, 11) is 0. The third kappa shape index (κ3) is 8.07. The van der Waals surface area contributed by atoms with Crippen molar-refractivity contribution in [3.63, 3.8) is 0 Å². The highest BCUT2D eigenvalue weighted by Crippen LogP contribution is 2.40. The van der Waals surface area contributed by atoms with Crippen LogP contribution in [0.25, 0.3) is 6.08 Å². The summed E-state index contributed by atoms with van der Waals surface area (Å²) in [5, 5.41) is 14.7. The van der Waals surface area contributed by atoms with E-state index in [-0.39, 0.29) is 30.0 Å². The zero-order valence-corrected chi connectivity index (χ0v) is 24.8. The highest BCUT2D eigenvalue weighted by atomic mass is 16.6. The fourth-order valence-electron chi connectivity index (χ4n) is 4.84. The Morgan fingerprint density at radius 3 is 2.30 bits per heavy atom. The summed E-state index contributed by atoms with van der Waals surface area (Å²) >= 11 is 0. The van der Waals surface area contributed by atoms with Crippen molar-refractivity contribution in [3.05, 3.63) is 147 Å². The number of nitrogens with one attached hydrogen (secondary N) is 1. The number of non-ortho nitro benzene ring substituents is 1. The average molecular weight is 595 g/mol. The van der Waals surface area contributed by atoms with Crippen LogP contribution in [0.2, 0.25) is 0 Å². The van der Waals surface area contributed by atoms with Gasteiger partial charge in [-0.2, -0.15) is 0 Å². The minimum Gasteiger partial charge on any atom is -0.458 e. The minimum absolute atomic E-state index is 0.0133. The number of hydrogen-bond acceptors (Lipinski definition) is 8.